The summed E-state index contributed by atoms with van der Waals surface area (Å²) in [6.07, 6.45) is 3.91. The Balaban J connectivity index is 1.13. The van der Waals surface area contributed by atoms with Gasteiger partial charge in [-0.3, -0.25) is 14.5 Å². The second-order valence-corrected chi connectivity index (χ2v) is 13.4. The zero-order valence-electron chi connectivity index (χ0n) is 25.2. The van der Waals surface area contributed by atoms with E-state index in [1.54, 1.807) is 30.6 Å². The van der Waals surface area contributed by atoms with Crippen LogP contribution >= 0.6 is 11.6 Å². The van der Waals surface area contributed by atoms with Crippen molar-refractivity contribution in [2.45, 2.75) is 58.8 Å². The minimum atomic E-state index is -0.378. The summed E-state index contributed by atoms with van der Waals surface area (Å²) in [5.41, 5.74) is 0.0200. The van der Waals surface area contributed by atoms with Gasteiger partial charge in [0.15, 0.2) is 0 Å². The lowest BCUT2D eigenvalue weighted by atomic mass is 9.49. The van der Waals surface area contributed by atoms with Crippen LogP contribution in [-0.4, -0.2) is 101 Å². The van der Waals surface area contributed by atoms with E-state index in [1.165, 1.54) is 0 Å². The van der Waals surface area contributed by atoms with Crippen LogP contribution in [0.1, 0.15) is 56.5 Å². The molecular weight excluding hydrogens is 570 g/mol. The minimum absolute atomic E-state index is 0.112. The highest BCUT2D eigenvalue weighted by Crippen LogP contribution is 2.55. The molecule has 230 valence electrons. The third-order valence-corrected chi connectivity index (χ3v) is 9.47. The normalized spacial score (nSPS) is 23.7. The lowest BCUT2D eigenvalue weighted by Gasteiger charge is -2.63. The number of carbonyl (C=O) groups is 2. The highest BCUT2D eigenvalue weighted by molar-refractivity contribution is 6.31. The van der Waals surface area contributed by atoms with Crippen molar-refractivity contribution in [1.29, 1.82) is 5.26 Å². The van der Waals surface area contributed by atoms with Crippen molar-refractivity contribution in [3.63, 3.8) is 0 Å². The molecule has 3 fully saturated rings. The predicted octanol–water partition coefficient (Wildman–Crippen LogP) is 2.72. The van der Waals surface area contributed by atoms with Crippen LogP contribution < -0.4 is 15.0 Å². The van der Waals surface area contributed by atoms with Gasteiger partial charge in [0.05, 0.1) is 28.8 Å². The van der Waals surface area contributed by atoms with Gasteiger partial charge in [0.2, 0.25) is 11.9 Å². The molecule has 1 saturated carbocycles. The Hall–Kier alpha value is -3.46. The van der Waals surface area contributed by atoms with E-state index in [4.69, 9.17) is 21.6 Å². The van der Waals surface area contributed by atoms with Gasteiger partial charge in [-0.15, -0.1) is 0 Å². The summed E-state index contributed by atoms with van der Waals surface area (Å²) in [6, 6.07) is 6.92. The average Bonchev–Trinajstić information content (AvgIpc) is 2.99. The molecule has 2 saturated heterocycles. The summed E-state index contributed by atoms with van der Waals surface area (Å²) in [4.78, 5) is 40.9. The SMILES string of the molecule is CC1(C)C(NC(=O)c2cnc(N3CCN(CC(=O)N4CCC(O)CC4)CC3)nc2)C(C)(C)C1Oc1ccc(C#N)c(Cl)c1. The van der Waals surface area contributed by atoms with Crippen molar-refractivity contribution in [2.75, 3.05) is 50.7 Å². The molecule has 0 atom stereocenters. The van der Waals surface area contributed by atoms with Gasteiger partial charge in [-0.25, -0.2) is 9.97 Å². The summed E-state index contributed by atoms with van der Waals surface area (Å²) >= 11 is 6.20. The monoisotopic (exact) mass is 609 g/mol. The molecule has 12 heteroatoms. The van der Waals surface area contributed by atoms with Gasteiger partial charge in [-0.2, -0.15) is 5.26 Å². The van der Waals surface area contributed by atoms with E-state index < -0.39 is 0 Å². The van der Waals surface area contributed by atoms with E-state index in [-0.39, 0.29) is 40.9 Å². The molecule has 2 amide bonds. The van der Waals surface area contributed by atoms with Crippen LogP contribution in [-0.2, 0) is 4.79 Å². The second kappa shape index (κ2) is 12.3. The smallest absolute Gasteiger partial charge is 0.254 e. The first-order chi connectivity index (χ1) is 20.4. The Morgan fingerprint density at radius 2 is 1.70 bits per heavy atom. The Morgan fingerprint density at radius 1 is 1.07 bits per heavy atom. The number of likely N-dealkylation sites (tertiary alicyclic amines) is 1. The quantitative estimate of drug-likeness (QED) is 0.486. The number of ether oxygens (including phenoxy) is 1. The lowest BCUT2D eigenvalue weighted by molar-refractivity contribution is -0.164. The number of hydrogen-bond donors (Lipinski definition) is 2. The maximum atomic E-state index is 13.2. The first kappa shape index (κ1) is 31.0. The second-order valence-electron chi connectivity index (χ2n) is 12.9. The molecule has 2 N–H and O–H groups in total. The molecule has 1 aromatic carbocycles. The van der Waals surface area contributed by atoms with Gasteiger partial charge < -0.3 is 25.0 Å². The third-order valence-electron chi connectivity index (χ3n) is 9.16. The number of hydrogen-bond acceptors (Lipinski definition) is 9. The van der Waals surface area contributed by atoms with Crippen LogP contribution in [0.2, 0.25) is 5.02 Å². The van der Waals surface area contributed by atoms with Gasteiger partial charge in [-0.05, 0) is 25.0 Å². The largest absolute Gasteiger partial charge is 0.489 e. The molecule has 2 aromatic rings. The Morgan fingerprint density at radius 3 is 2.28 bits per heavy atom. The number of amides is 2. The highest BCUT2D eigenvalue weighted by Gasteiger charge is 2.64. The summed E-state index contributed by atoms with van der Waals surface area (Å²) in [7, 11) is 0. The molecule has 0 spiro atoms. The number of benzene rings is 1. The van der Waals surface area contributed by atoms with Gasteiger partial charge >= 0.3 is 0 Å². The van der Waals surface area contributed by atoms with E-state index in [9.17, 15) is 14.7 Å². The Kier molecular flexibility index (Phi) is 8.84. The maximum absolute atomic E-state index is 13.2. The number of aliphatic hydroxyl groups is 1. The van der Waals surface area contributed by atoms with Crippen LogP contribution in [0.15, 0.2) is 30.6 Å². The van der Waals surface area contributed by atoms with Crippen molar-refractivity contribution in [3.8, 4) is 11.8 Å². The number of aliphatic hydroxyl groups excluding tert-OH is 1. The van der Waals surface area contributed by atoms with Crippen molar-refractivity contribution in [1.82, 2.24) is 25.1 Å². The number of aromatic nitrogens is 2. The first-order valence-corrected chi connectivity index (χ1v) is 15.2. The fourth-order valence-corrected chi connectivity index (χ4v) is 7.14. The van der Waals surface area contributed by atoms with Crippen LogP contribution in [0.25, 0.3) is 0 Å². The van der Waals surface area contributed by atoms with E-state index >= 15 is 0 Å². The minimum Gasteiger partial charge on any atom is -0.489 e. The van der Waals surface area contributed by atoms with Crippen molar-refractivity contribution in [3.05, 3.63) is 46.7 Å². The summed E-state index contributed by atoms with van der Waals surface area (Å²) in [5, 5.41) is 22.3. The molecular formula is C31H40ClN7O4. The Labute approximate surface area is 257 Å². The third kappa shape index (κ3) is 6.42. The molecule has 0 radical (unpaired) electrons. The van der Waals surface area contributed by atoms with Gasteiger partial charge in [0, 0.05) is 74.6 Å². The summed E-state index contributed by atoms with van der Waals surface area (Å²) in [6.45, 7) is 12.7. The molecule has 3 heterocycles. The van der Waals surface area contributed by atoms with Crippen molar-refractivity contribution >= 4 is 29.4 Å². The molecule has 11 nitrogen and oxygen atoms in total. The number of nitrogens with zero attached hydrogens (tertiary/aromatic N) is 6. The number of rotatable bonds is 7. The maximum Gasteiger partial charge on any atom is 0.254 e. The van der Waals surface area contributed by atoms with E-state index in [2.05, 4.69) is 58.8 Å². The average molecular weight is 610 g/mol. The van der Waals surface area contributed by atoms with E-state index in [1.807, 2.05) is 4.90 Å². The van der Waals surface area contributed by atoms with Gasteiger partial charge in [0.1, 0.15) is 17.9 Å². The van der Waals surface area contributed by atoms with Crippen LogP contribution in [0, 0.1) is 22.2 Å². The molecule has 1 aromatic heterocycles. The van der Waals surface area contributed by atoms with Gasteiger partial charge in [-0.1, -0.05) is 39.3 Å². The number of anilines is 1. The van der Waals surface area contributed by atoms with Crippen LogP contribution in [0.4, 0.5) is 5.95 Å². The Bertz CT molecular complexity index is 1360. The van der Waals surface area contributed by atoms with Crippen LogP contribution in [0.5, 0.6) is 5.75 Å². The number of carbonyl (C=O) groups excluding carboxylic acids is 2. The van der Waals surface area contributed by atoms with Crippen molar-refractivity contribution < 1.29 is 19.4 Å². The first-order valence-electron chi connectivity index (χ1n) is 14.8. The molecule has 1 aliphatic carbocycles. The topological polar surface area (TPSA) is 135 Å². The molecule has 43 heavy (non-hydrogen) atoms. The zero-order valence-corrected chi connectivity index (χ0v) is 26.0. The fraction of sp³-hybridized carbons (Fsp3) is 0.581. The van der Waals surface area contributed by atoms with E-state index in [0.29, 0.717) is 73.4 Å². The van der Waals surface area contributed by atoms with Crippen molar-refractivity contribution in [2.24, 2.45) is 10.8 Å². The predicted molar refractivity (Wildman–Crippen MR) is 162 cm³/mol. The molecule has 0 unspecified atom stereocenters. The standard InChI is InChI=1S/C31H40ClN7O4/c1-30(2)27(31(3,4)28(30)43-23-6-5-20(16-33)24(32)15-23)36-26(42)21-17-34-29(35-18-21)39-13-11-37(12-14-39)19-25(41)38-9-7-22(40)8-10-38/h5-6,15,17-18,22,27-28,40H,7-14,19H2,1-4H3,(H,36,42). The van der Waals surface area contributed by atoms with Gasteiger partial charge in [0.25, 0.3) is 5.91 Å². The molecule has 5 rings (SSSR count). The molecule has 3 aliphatic rings. The number of halogens is 1. The zero-order chi connectivity index (χ0) is 30.9. The fourth-order valence-electron chi connectivity index (χ4n) is 6.92. The number of nitriles is 1. The summed E-state index contributed by atoms with van der Waals surface area (Å²) in [5.74, 6) is 1.01. The number of piperidine rings is 1. The van der Waals surface area contributed by atoms with Crippen LogP contribution in [0.3, 0.4) is 0 Å². The summed E-state index contributed by atoms with van der Waals surface area (Å²) < 4.78 is 6.32. The highest BCUT2D eigenvalue weighted by atomic mass is 35.5. The molecule has 0 bridgehead atoms. The molecule has 2 aliphatic heterocycles. The number of nitrogens with one attached hydrogen (secondary N) is 1. The number of piperazine rings is 1. The lowest BCUT2D eigenvalue weighted by Crippen LogP contribution is -2.74. The van der Waals surface area contributed by atoms with E-state index in [0.717, 1.165) is 13.1 Å².